The second kappa shape index (κ2) is 6.58. The third kappa shape index (κ3) is 3.40. The number of nitrogens with zero attached hydrogens (tertiary/aromatic N) is 1. The number of ether oxygens (including phenoxy) is 1. The van der Waals surface area contributed by atoms with Gasteiger partial charge in [0.2, 0.25) is 5.91 Å². The molecule has 1 aromatic carbocycles. The van der Waals surface area contributed by atoms with Gasteiger partial charge in [-0.1, -0.05) is 0 Å². The Morgan fingerprint density at radius 2 is 2.40 bits per heavy atom. The van der Waals surface area contributed by atoms with Gasteiger partial charge in [-0.2, -0.15) is 11.8 Å². The van der Waals surface area contributed by atoms with Gasteiger partial charge in [-0.05, 0) is 12.1 Å². The highest BCUT2D eigenvalue weighted by molar-refractivity contribution is 7.99. The molecular formula is C12H15N3O4S. The number of anilines is 1. The average Bonchev–Trinajstić information content (AvgIpc) is 2.48. The Morgan fingerprint density at radius 3 is 3.00 bits per heavy atom. The van der Waals surface area contributed by atoms with E-state index >= 15 is 0 Å². The van der Waals surface area contributed by atoms with Gasteiger partial charge in [0.1, 0.15) is 0 Å². The summed E-state index contributed by atoms with van der Waals surface area (Å²) < 4.78 is 4.91. The van der Waals surface area contributed by atoms with Crippen molar-refractivity contribution in [1.29, 1.82) is 0 Å². The first-order chi connectivity index (χ1) is 9.61. The second-order valence-electron chi connectivity index (χ2n) is 4.21. The third-order valence-electron chi connectivity index (χ3n) is 2.88. The highest BCUT2D eigenvalue weighted by Crippen LogP contribution is 2.29. The SMILES string of the molecule is COc1ccc(NC(=O)C2CSCCN2)cc1[N+](=O)[O-]. The highest BCUT2D eigenvalue weighted by atomic mass is 32.2. The fraction of sp³-hybridized carbons (Fsp3) is 0.417. The van der Waals surface area contributed by atoms with Crippen molar-refractivity contribution in [3.63, 3.8) is 0 Å². The van der Waals surface area contributed by atoms with Crippen molar-refractivity contribution in [2.45, 2.75) is 6.04 Å². The molecule has 0 spiro atoms. The zero-order valence-corrected chi connectivity index (χ0v) is 11.7. The lowest BCUT2D eigenvalue weighted by atomic mass is 10.2. The maximum Gasteiger partial charge on any atom is 0.312 e. The predicted octanol–water partition coefficient (Wildman–Crippen LogP) is 1.25. The van der Waals surface area contributed by atoms with Crippen LogP contribution in [0, 0.1) is 10.1 Å². The summed E-state index contributed by atoms with van der Waals surface area (Å²) in [7, 11) is 1.36. The van der Waals surface area contributed by atoms with Gasteiger partial charge in [0.15, 0.2) is 5.75 Å². The predicted molar refractivity (Wildman–Crippen MR) is 77.4 cm³/mol. The summed E-state index contributed by atoms with van der Waals surface area (Å²) in [5, 5.41) is 16.7. The molecule has 1 aromatic rings. The number of nitro benzene ring substituents is 1. The Morgan fingerprint density at radius 1 is 1.60 bits per heavy atom. The lowest BCUT2D eigenvalue weighted by Gasteiger charge is -2.22. The molecule has 108 valence electrons. The van der Waals surface area contributed by atoms with Crippen molar-refractivity contribution in [2.24, 2.45) is 0 Å². The monoisotopic (exact) mass is 297 g/mol. The summed E-state index contributed by atoms with van der Waals surface area (Å²) in [6.07, 6.45) is 0. The first-order valence-electron chi connectivity index (χ1n) is 6.06. The summed E-state index contributed by atoms with van der Waals surface area (Å²) in [6, 6.07) is 4.08. The van der Waals surface area contributed by atoms with Gasteiger partial charge in [-0.25, -0.2) is 0 Å². The minimum Gasteiger partial charge on any atom is -0.490 e. The van der Waals surface area contributed by atoms with Gasteiger partial charge in [0, 0.05) is 29.8 Å². The van der Waals surface area contributed by atoms with Crippen molar-refractivity contribution in [3.8, 4) is 5.75 Å². The van der Waals surface area contributed by atoms with Crippen molar-refractivity contribution < 1.29 is 14.5 Å². The minimum absolute atomic E-state index is 0.166. The molecular weight excluding hydrogens is 282 g/mol. The van der Waals surface area contributed by atoms with Crippen molar-refractivity contribution in [2.75, 3.05) is 30.5 Å². The first kappa shape index (κ1) is 14.6. The number of hydrogen-bond donors (Lipinski definition) is 2. The number of amides is 1. The fourth-order valence-electron chi connectivity index (χ4n) is 1.87. The number of thioether (sulfide) groups is 1. The number of hydrogen-bond acceptors (Lipinski definition) is 6. The summed E-state index contributed by atoms with van der Waals surface area (Å²) in [5.74, 6) is 1.66. The Balaban J connectivity index is 2.10. The van der Waals surface area contributed by atoms with Crippen LogP contribution in [0.15, 0.2) is 18.2 Å². The molecule has 0 saturated carbocycles. The van der Waals surface area contributed by atoms with E-state index in [1.165, 1.54) is 19.2 Å². The van der Waals surface area contributed by atoms with Gasteiger partial charge < -0.3 is 15.4 Å². The van der Waals surface area contributed by atoms with E-state index < -0.39 is 4.92 Å². The van der Waals surface area contributed by atoms with E-state index in [0.29, 0.717) is 11.4 Å². The molecule has 20 heavy (non-hydrogen) atoms. The first-order valence-corrected chi connectivity index (χ1v) is 7.21. The van der Waals surface area contributed by atoms with Gasteiger partial charge in [0.05, 0.1) is 18.1 Å². The topological polar surface area (TPSA) is 93.5 Å². The molecule has 7 nitrogen and oxygen atoms in total. The average molecular weight is 297 g/mol. The van der Waals surface area contributed by atoms with Crippen LogP contribution >= 0.6 is 11.8 Å². The van der Waals surface area contributed by atoms with E-state index in [1.807, 2.05) is 0 Å². The van der Waals surface area contributed by atoms with Gasteiger partial charge in [0.25, 0.3) is 0 Å². The Bertz CT molecular complexity index is 517. The number of nitro groups is 1. The molecule has 0 bridgehead atoms. The van der Waals surface area contributed by atoms with E-state index in [-0.39, 0.29) is 23.4 Å². The Labute approximate surface area is 120 Å². The van der Waals surface area contributed by atoms with Crippen LogP contribution in [0.25, 0.3) is 0 Å². The molecule has 1 saturated heterocycles. The van der Waals surface area contributed by atoms with E-state index in [9.17, 15) is 14.9 Å². The molecule has 0 aliphatic carbocycles. The quantitative estimate of drug-likeness (QED) is 0.641. The molecule has 8 heteroatoms. The van der Waals surface area contributed by atoms with Crippen LogP contribution in [0.5, 0.6) is 5.75 Å². The van der Waals surface area contributed by atoms with Crippen LogP contribution in [-0.4, -0.2) is 42.0 Å². The van der Waals surface area contributed by atoms with Crippen LogP contribution in [0.1, 0.15) is 0 Å². The number of benzene rings is 1. The smallest absolute Gasteiger partial charge is 0.312 e. The number of carbonyl (C=O) groups excluding carboxylic acids is 1. The van der Waals surface area contributed by atoms with Crippen LogP contribution in [0.3, 0.4) is 0 Å². The molecule has 2 N–H and O–H groups in total. The van der Waals surface area contributed by atoms with Gasteiger partial charge in [-0.15, -0.1) is 0 Å². The molecule has 1 atom stereocenters. The number of methoxy groups -OCH3 is 1. The van der Waals surface area contributed by atoms with Crippen LogP contribution < -0.4 is 15.4 Å². The molecule has 0 aromatic heterocycles. The minimum atomic E-state index is -0.538. The van der Waals surface area contributed by atoms with E-state index in [4.69, 9.17) is 4.74 Å². The van der Waals surface area contributed by atoms with Gasteiger partial charge in [-0.3, -0.25) is 14.9 Å². The summed E-state index contributed by atoms with van der Waals surface area (Å²) >= 11 is 1.70. The van der Waals surface area contributed by atoms with E-state index in [1.54, 1.807) is 17.8 Å². The standard InChI is InChI=1S/C12H15N3O4S/c1-19-11-3-2-8(6-10(11)15(17)18)14-12(16)9-7-20-5-4-13-9/h2-3,6,9,13H,4-5,7H2,1H3,(H,14,16). The summed E-state index contributed by atoms with van der Waals surface area (Å²) in [5.41, 5.74) is 0.219. The summed E-state index contributed by atoms with van der Waals surface area (Å²) in [6.45, 7) is 0.783. The zero-order valence-electron chi connectivity index (χ0n) is 10.9. The lowest BCUT2D eigenvalue weighted by molar-refractivity contribution is -0.385. The molecule has 1 unspecified atom stereocenters. The number of nitrogens with one attached hydrogen (secondary N) is 2. The van der Waals surface area contributed by atoms with Crippen molar-refractivity contribution in [3.05, 3.63) is 28.3 Å². The fourth-order valence-corrected chi connectivity index (χ4v) is 2.81. The molecule has 1 heterocycles. The molecule has 1 aliphatic heterocycles. The third-order valence-corrected chi connectivity index (χ3v) is 3.94. The second-order valence-corrected chi connectivity index (χ2v) is 5.36. The Hall–Kier alpha value is -1.80. The molecule has 1 fully saturated rings. The van der Waals surface area contributed by atoms with E-state index in [2.05, 4.69) is 10.6 Å². The maximum absolute atomic E-state index is 12.0. The van der Waals surface area contributed by atoms with Crippen molar-refractivity contribution >= 4 is 29.0 Å². The largest absolute Gasteiger partial charge is 0.490 e. The number of carbonyl (C=O) groups is 1. The van der Waals surface area contributed by atoms with Crippen LogP contribution in [0.4, 0.5) is 11.4 Å². The van der Waals surface area contributed by atoms with E-state index in [0.717, 1.165) is 12.3 Å². The van der Waals surface area contributed by atoms with Crippen LogP contribution in [-0.2, 0) is 4.79 Å². The van der Waals surface area contributed by atoms with Crippen LogP contribution in [0.2, 0.25) is 0 Å². The maximum atomic E-state index is 12.0. The molecule has 2 rings (SSSR count). The molecule has 0 radical (unpaired) electrons. The highest BCUT2D eigenvalue weighted by Gasteiger charge is 2.22. The summed E-state index contributed by atoms with van der Waals surface area (Å²) in [4.78, 5) is 22.4. The Kier molecular flexibility index (Phi) is 4.80. The lowest BCUT2D eigenvalue weighted by Crippen LogP contribution is -2.46. The number of rotatable bonds is 4. The van der Waals surface area contributed by atoms with Gasteiger partial charge >= 0.3 is 5.69 Å². The normalized spacial score (nSPS) is 18.4. The molecule has 1 aliphatic rings. The van der Waals surface area contributed by atoms with Crippen molar-refractivity contribution in [1.82, 2.24) is 5.32 Å². The molecule has 1 amide bonds. The zero-order chi connectivity index (χ0) is 14.5.